The highest BCUT2D eigenvalue weighted by Crippen LogP contribution is 2.53. The lowest BCUT2D eigenvalue weighted by atomic mass is 9.82. The van der Waals surface area contributed by atoms with Crippen molar-refractivity contribution in [1.82, 2.24) is 4.98 Å². The molecular formula is C38H27NO. The molecule has 0 atom stereocenters. The molecule has 5 aromatic carbocycles. The van der Waals surface area contributed by atoms with E-state index in [1.165, 1.54) is 33.2 Å². The lowest BCUT2D eigenvalue weighted by Gasteiger charge is -2.21. The van der Waals surface area contributed by atoms with Gasteiger partial charge in [-0.25, -0.2) is 4.98 Å². The molecule has 190 valence electrons. The molecule has 2 aromatic heterocycles. The summed E-state index contributed by atoms with van der Waals surface area (Å²) in [6, 6.07) is 45.1. The van der Waals surface area contributed by atoms with Crippen molar-refractivity contribution in [3.8, 4) is 44.8 Å². The Bertz CT molecular complexity index is 2010. The summed E-state index contributed by atoms with van der Waals surface area (Å²) >= 11 is 0. The van der Waals surface area contributed by atoms with Crippen LogP contribution in [-0.2, 0) is 5.41 Å². The van der Waals surface area contributed by atoms with Gasteiger partial charge in [-0.05, 0) is 52.1 Å². The third-order valence-electron chi connectivity index (χ3n) is 8.48. The van der Waals surface area contributed by atoms with E-state index in [4.69, 9.17) is 9.40 Å². The first-order valence-corrected chi connectivity index (χ1v) is 13.8. The van der Waals surface area contributed by atoms with E-state index < -0.39 is 0 Å². The summed E-state index contributed by atoms with van der Waals surface area (Å²) in [5, 5.41) is 2.34. The number of rotatable bonds is 3. The first kappa shape index (κ1) is 23.0. The molecular weight excluding hydrogens is 486 g/mol. The van der Waals surface area contributed by atoms with Crippen molar-refractivity contribution in [2.75, 3.05) is 0 Å². The first-order valence-electron chi connectivity index (χ1n) is 13.8. The van der Waals surface area contributed by atoms with Crippen LogP contribution in [0.1, 0.15) is 25.0 Å². The minimum atomic E-state index is -0.112. The van der Waals surface area contributed by atoms with Gasteiger partial charge in [-0.1, -0.05) is 117 Å². The van der Waals surface area contributed by atoms with Crippen molar-refractivity contribution < 1.29 is 4.42 Å². The molecule has 40 heavy (non-hydrogen) atoms. The van der Waals surface area contributed by atoms with Crippen LogP contribution in [0.2, 0.25) is 0 Å². The maximum absolute atomic E-state index is 6.53. The Kier molecular flexibility index (Phi) is 4.90. The summed E-state index contributed by atoms with van der Waals surface area (Å²) in [4.78, 5) is 5.08. The van der Waals surface area contributed by atoms with Gasteiger partial charge in [0.05, 0.1) is 11.4 Å². The standard InChI is InChI=1S/C38H27NO/c1-38(2)31-19-17-26(21-30(31)36-32(38)20-18-29-28-15-9-10-16-35(28)40-37(29)36)27-22-33(24-11-5-3-6-12-24)39-34(23-27)25-13-7-4-8-14-25/h3-23H,1-2H3. The van der Waals surface area contributed by atoms with Gasteiger partial charge in [-0.3, -0.25) is 0 Å². The number of para-hydroxylation sites is 1. The van der Waals surface area contributed by atoms with Gasteiger partial charge in [0.2, 0.25) is 0 Å². The molecule has 2 heterocycles. The molecule has 0 unspecified atom stereocenters. The second-order valence-corrected chi connectivity index (χ2v) is 11.2. The maximum Gasteiger partial charge on any atom is 0.143 e. The van der Waals surface area contributed by atoms with E-state index in [9.17, 15) is 0 Å². The Hall–Kier alpha value is -4.95. The van der Waals surface area contributed by atoms with Crippen molar-refractivity contribution in [2.45, 2.75) is 19.3 Å². The number of fused-ring (bicyclic) bond motifs is 7. The van der Waals surface area contributed by atoms with Gasteiger partial charge in [0.15, 0.2) is 0 Å². The number of hydrogen-bond donors (Lipinski definition) is 0. The highest BCUT2D eigenvalue weighted by molar-refractivity contribution is 6.12. The molecule has 0 spiro atoms. The summed E-state index contributed by atoms with van der Waals surface area (Å²) < 4.78 is 6.53. The van der Waals surface area contributed by atoms with Crippen molar-refractivity contribution >= 4 is 21.9 Å². The largest absolute Gasteiger partial charge is 0.455 e. The number of pyridine rings is 1. The van der Waals surface area contributed by atoms with Crippen LogP contribution in [0, 0.1) is 0 Å². The zero-order valence-electron chi connectivity index (χ0n) is 22.5. The van der Waals surface area contributed by atoms with Crippen LogP contribution < -0.4 is 0 Å². The normalized spacial score (nSPS) is 13.4. The van der Waals surface area contributed by atoms with E-state index in [0.29, 0.717) is 0 Å². The van der Waals surface area contributed by atoms with Crippen LogP contribution in [0.4, 0.5) is 0 Å². The molecule has 0 radical (unpaired) electrons. The molecule has 0 saturated heterocycles. The second kappa shape index (κ2) is 8.53. The van der Waals surface area contributed by atoms with Gasteiger partial charge in [-0.2, -0.15) is 0 Å². The van der Waals surface area contributed by atoms with E-state index in [2.05, 4.69) is 123 Å². The molecule has 0 aliphatic heterocycles. The zero-order valence-corrected chi connectivity index (χ0v) is 22.5. The van der Waals surface area contributed by atoms with Crippen molar-refractivity contribution in [2.24, 2.45) is 0 Å². The Labute approximate surface area is 233 Å². The molecule has 1 aliphatic rings. The average molecular weight is 514 g/mol. The van der Waals surface area contributed by atoms with Gasteiger partial charge in [0.25, 0.3) is 0 Å². The third-order valence-corrected chi connectivity index (χ3v) is 8.48. The summed E-state index contributed by atoms with van der Waals surface area (Å²) in [6.07, 6.45) is 0. The SMILES string of the molecule is CC1(C)c2ccc(-c3cc(-c4ccccc4)nc(-c4ccccc4)c3)cc2-c2c1ccc1c2oc2ccccc21. The maximum atomic E-state index is 6.53. The van der Waals surface area contributed by atoms with Crippen molar-refractivity contribution in [1.29, 1.82) is 0 Å². The van der Waals surface area contributed by atoms with Gasteiger partial charge < -0.3 is 4.42 Å². The van der Waals surface area contributed by atoms with E-state index >= 15 is 0 Å². The number of hydrogen-bond acceptors (Lipinski definition) is 2. The van der Waals surface area contributed by atoms with E-state index in [0.717, 1.165) is 44.6 Å². The van der Waals surface area contributed by atoms with Crippen molar-refractivity contribution in [3.63, 3.8) is 0 Å². The molecule has 2 nitrogen and oxygen atoms in total. The second-order valence-electron chi connectivity index (χ2n) is 11.2. The Morgan fingerprint density at radius 2 is 1.15 bits per heavy atom. The van der Waals surface area contributed by atoms with Crippen LogP contribution in [0.3, 0.4) is 0 Å². The predicted octanol–water partition coefficient (Wildman–Crippen LogP) is 10.3. The lowest BCUT2D eigenvalue weighted by Crippen LogP contribution is -2.14. The summed E-state index contributed by atoms with van der Waals surface area (Å²) in [5.41, 5.74) is 13.4. The fourth-order valence-electron chi connectivity index (χ4n) is 6.41. The van der Waals surface area contributed by atoms with Crippen LogP contribution >= 0.6 is 0 Å². The molecule has 0 amide bonds. The number of furan rings is 1. The highest BCUT2D eigenvalue weighted by atomic mass is 16.3. The zero-order chi connectivity index (χ0) is 26.8. The van der Waals surface area contributed by atoms with Gasteiger partial charge in [0, 0.05) is 32.9 Å². The smallest absolute Gasteiger partial charge is 0.143 e. The molecule has 1 aliphatic carbocycles. The quantitative estimate of drug-likeness (QED) is 0.235. The monoisotopic (exact) mass is 513 g/mol. The average Bonchev–Trinajstić information content (AvgIpc) is 3.50. The fraction of sp³-hybridized carbons (Fsp3) is 0.0789. The Balaban J connectivity index is 1.37. The lowest BCUT2D eigenvalue weighted by molar-refractivity contribution is 0.653. The minimum absolute atomic E-state index is 0.112. The van der Waals surface area contributed by atoms with Gasteiger partial charge >= 0.3 is 0 Å². The molecule has 0 bridgehead atoms. The van der Waals surface area contributed by atoms with E-state index in [1.54, 1.807) is 0 Å². The molecule has 0 N–H and O–H groups in total. The van der Waals surface area contributed by atoms with Crippen molar-refractivity contribution in [3.05, 3.63) is 139 Å². The van der Waals surface area contributed by atoms with Gasteiger partial charge in [-0.15, -0.1) is 0 Å². The van der Waals surface area contributed by atoms with Crippen LogP contribution in [0.15, 0.2) is 132 Å². The summed E-state index contributed by atoms with van der Waals surface area (Å²) in [5.74, 6) is 0. The number of nitrogens with zero attached hydrogens (tertiary/aromatic N) is 1. The van der Waals surface area contributed by atoms with Crippen LogP contribution in [0.5, 0.6) is 0 Å². The summed E-state index contributed by atoms with van der Waals surface area (Å²) in [6.45, 7) is 4.64. The molecule has 0 fully saturated rings. The van der Waals surface area contributed by atoms with Crippen LogP contribution in [0.25, 0.3) is 66.7 Å². The minimum Gasteiger partial charge on any atom is -0.455 e. The Morgan fingerprint density at radius 3 is 1.85 bits per heavy atom. The predicted molar refractivity (Wildman–Crippen MR) is 165 cm³/mol. The van der Waals surface area contributed by atoms with Gasteiger partial charge in [0.1, 0.15) is 11.2 Å². The van der Waals surface area contributed by atoms with Crippen LogP contribution in [-0.4, -0.2) is 4.98 Å². The highest BCUT2D eigenvalue weighted by Gasteiger charge is 2.37. The molecule has 8 rings (SSSR count). The third kappa shape index (κ3) is 3.39. The topological polar surface area (TPSA) is 26.0 Å². The molecule has 7 aromatic rings. The van der Waals surface area contributed by atoms with E-state index in [1.807, 2.05) is 18.2 Å². The fourth-order valence-corrected chi connectivity index (χ4v) is 6.41. The van der Waals surface area contributed by atoms with E-state index in [-0.39, 0.29) is 5.41 Å². The number of benzene rings is 5. The number of aromatic nitrogens is 1. The molecule has 2 heteroatoms. The Morgan fingerprint density at radius 1 is 0.525 bits per heavy atom. The molecule has 0 saturated carbocycles. The summed E-state index contributed by atoms with van der Waals surface area (Å²) in [7, 11) is 0. The first-order chi connectivity index (χ1) is 19.6.